The van der Waals surface area contributed by atoms with Crippen LogP contribution in [0.4, 0.5) is 5.69 Å². The van der Waals surface area contributed by atoms with E-state index in [1.807, 2.05) is 17.2 Å². The van der Waals surface area contributed by atoms with Crippen LogP contribution < -0.4 is 5.43 Å². The molecule has 0 aliphatic carbocycles. The van der Waals surface area contributed by atoms with Crippen molar-refractivity contribution in [1.82, 2.24) is 9.47 Å². The monoisotopic (exact) mass is 347 g/mol. The number of nitrogens with zero attached hydrogens (tertiary/aromatic N) is 3. The molecule has 3 rings (SSSR count). The summed E-state index contributed by atoms with van der Waals surface area (Å²) in [5.41, 5.74) is 0.0279. The van der Waals surface area contributed by atoms with Gasteiger partial charge in [-0.2, -0.15) is 0 Å². The molecule has 7 nitrogen and oxygen atoms in total. The lowest BCUT2D eigenvalue weighted by Gasteiger charge is -2.35. The van der Waals surface area contributed by atoms with Crippen LogP contribution in [0.2, 0.25) is 0 Å². The van der Waals surface area contributed by atoms with Gasteiger partial charge in [-0.05, 0) is 29.9 Å². The standard InChI is InChI=1S/C16H17N3O4S/c1-2-12-11-5-8-24-15(11)4-7-18(12)16(21)10-17-6-3-14(20)13(9-17)19(22)23/h3,5-6,8-9,12H,2,4,7,10H2,1H3/t12-/m1/s1. The molecule has 1 aliphatic rings. The van der Waals surface area contributed by atoms with Crippen molar-refractivity contribution in [3.8, 4) is 0 Å². The molecule has 0 fully saturated rings. The van der Waals surface area contributed by atoms with Gasteiger partial charge in [0.2, 0.25) is 5.91 Å². The van der Waals surface area contributed by atoms with E-state index < -0.39 is 16.0 Å². The van der Waals surface area contributed by atoms with E-state index in [-0.39, 0.29) is 18.5 Å². The van der Waals surface area contributed by atoms with Crippen molar-refractivity contribution in [2.24, 2.45) is 0 Å². The molecule has 0 radical (unpaired) electrons. The zero-order valence-corrected chi connectivity index (χ0v) is 14.0. The fourth-order valence-corrected chi connectivity index (χ4v) is 4.06. The summed E-state index contributed by atoms with van der Waals surface area (Å²) < 4.78 is 1.40. The number of nitro groups is 1. The molecule has 1 amide bonds. The predicted molar refractivity (Wildman–Crippen MR) is 90.1 cm³/mol. The van der Waals surface area contributed by atoms with Gasteiger partial charge in [0.15, 0.2) is 0 Å². The SMILES string of the molecule is CC[C@@H]1c2ccsc2CCN1C(=O)Cn1ccc(=O)c([N+](=O)[O-])c1. The molecular weight excluding hydrogens is 330 g/mol. The first-order chi connectivity index (χ1) is 11.5. The third-order valence-electron chi connectivity index (χ3n) is 4.27. The van der Waals surface area contributed by atoms with Gasteiger partial charge in [0.1, 0.15) is 6.54 Å². The number of thiophene rings is 1. The van der Waals surface area contributed by atoms with Crippen LogP contribution in [0.1, 0.15) is 29.8 Å². The van der Waals surface area contributed by atoms with E-state index in [4.69, 9.17) is 0 Å². The number of carbonyl (C=O) groups is 1. The second kappa shape index (κ2) is 6.56. The molecule has 3 heterocycles. The molecule has 2 aromatic heterocycles. The van der Waals surface area contributed by atoms with Gasteiger partial charge >= 0.3 is 5.69 Å². The summed E-state index contributed by atoms with van der Waals surface area (Å²) in [6.07, 6.45) is 4.19. The number of amides is 1. The van der Waals surface area contributed by atoms with Crippen LogP contribution in [-0.2, 0) is 17.8 Å². The van der Waals surface area contributed by atoms with E-state index in [1.54, 1.807) is 11.3 Å². The van der Waals surface area contributed by atoms with Crippen LogP contribution in [0.25, 0.3) is 0 Å². The van der Waals surface area contributed by atoms with E-state index in [0.717, 1.165) is 25.1 Å². The Morgan fingerprint density at radius 1 is 1.46 bits per heavy atom. The molecule has 0 unspecified atom stereocenters. The molecule has 0 bridgehead atoms. The van der Waals surface area contributed by atoms with E-state index in [1.165, 1.54) is 21.2 Å². The van der Waals surface area contributed by atoms with Crippen LogP contribution in [0, 0.1) is 10.1 Å². The maximum absolute atomic E-state index is 12.7. The Labute approximate surface area is 142 Å². The van der Waals surface area contributed by atoms with Crippen LogP contribution in [0.3, 0.4) is 0 Å². The average Bonchev–Trinajstić information content (AvgIpc) is 3.03. The summed E-state index contributed by atoms with van der Waals surface area (Å²) in [4.78, 5) is 37.4. The van der Waals surface area contributed by atoms with Gasteiger partial charge in [-0.25, -0.2) is 0 Å². The highest BCUT2D eigenvalue weighted by Gasteiger charge is 2.30. The molecular formula is C16H17N3O4S. The molecule has 0 spiro atoms. The van der Waals surface area contributed by atoms with Crippen molar-refractivity contribution in [1.29, 1.82) is 0 Å². The highest BCUT2D eigenvalue weighted by molar-refractivity contribution is 7.10. The van der Waals surface area contributed by atoms with Crippen LogP contribution in [-0.4, -0.2) is 26.8 Å². The minimum absolute atomic E-state index is 0.0168. The maximum atomic E-state index is 12.7. The maximum Gasteiger partial charge on any atom is 0.332 e. The number of fused-ring (bicyclic) bond motifs is 1. The summed E-state index contributed by atoms with van der Waals surface area (Å²) in [6.45, 7) is 2.67. The number of carbonyl (C=O) groups excluding carboxylic acids is 1. The lowest BCUT2D eigenvalue weighted by atomic mass is 9.98. The zero-order valence-electron chi connectivity index (χ0n) is 13.2. The van der Waals surface area contributed by atoms with E-state index in [9.17, 15) is 19.7 Å². The summed E-state index contributed by atoms with van der Waals surface area (Å²) in [5, 5.41) is 12.9. The third-order valence-corrected chi connectivity index (χ3v) is 5.27. The first-order valence-electron chi connectivity index (χ1n) is 7.71. The van der Waals surface area contributed by atoms with E-state index >= 15 is 0 Å². The Balaban J connectivity index is 1.82. The van der Waals surface area contributed by atoms with Gasteiger partial charge in [0.25, 0.3) is 5.43 Å². The fourth-order valence-electron chi connectivity index (χ4n) is 3.13. The summed E-state index contributed by atoms with van der Waals surface area (Å²) in [6, 6.07) is 3.23. The van der Waals surface area contributed by atoms with Crippen LogP contribution >= 0.6 is 11.3 Å². The molecule has 2 aromatic rings. The molecule has 0 saturated heterocycles. The quantitative estimate of drug-likeness (QED) is 0.628. The largest absolute Gasteiger partial charge is 0.339 e. The van der Waals surface area contributed by atoms with Crippen molar-refractivity contribution in [3.05, 3.63) is 60.7 Å². The molecule has 1 atom stereocenters. The van der Waals surface area contributed by atoms with Crippen LogP contribution in [0.15, 0.2) is 34.7 Å². The smallest absolute Gasteiger partial charge is 0.332 e. The highest BCUT2D eigenvalue weighted by atomic mass is 32.1. The summed E-state index contributed by atoms with van der Waals surface area (Å²) in [5.74, 6) is -0.100. The Morgan fingerprint density at radius 2 is 2.25 bits per heavy atom. The van der Waals surface area contributed by atoms with Gasteiger partial charge in [0, 0.05) is 23.7 Å². The van der Waals surface area contributed by atoms with Gasteiger partial charge in [0.05, 0.1) is 17.2 Å². The van der Waals surface area contributed by atoms with Crippen LogP contribution in [0.5, 0.6) is 0 Å². The van der Waals surface area contributed by atoms with Gasteiger partial charge < -0.3 is 9.47 Å². The van der Waals surface area contributed by atoms with Crippen molar-refractivity contribution >= 4 is 22.9 Å². The topological polar surface area (TPSA) is 85.5 Å². The Bertz CT molecular complexity index is 842. The van der Waals surface area contributed by atoms with Gasteiger partial charge in [-0.15, -0.1) is 11.3 Å². The Kier molecular flexibility index (Phi) is 4.48. The molecule has 0 saturated carbocycles. The minimum Gasteiger partial charge on any atom is -0.339 e. The molecule has 24 heavy (non-hydrogen) atoms. The van der Waals surface area contributed by atoms with E-state index in [0.29, 0.717) is 6.54 Å². The summed E-state index contributed by atoms with van der Waals surface area (Å²) in [7, 11) is 0. The Morgan fingerprint density at radius 3 is 2.96 bits per heavy atom. The Hall–Kier alpha value is -2.48. The lowest BCUT2D eigenvalue weighted by Crippen LogP contribution is -2.41. The van der Waals surface area contributed by atoms with Crippen molar-refractivity contribution in [2.75, 3.05) is 6.54 Å². The minimum atomic E-state index is -0.726. The molecule has 0 aromatic carbocycles. The molecule has 1 aliphatic heterocycles. The van der Waals surface area contributed by atoms with Gasteiger partial charge in [-0.1, -0.05) is 6.92 Å². The highest BCUT2D eigenvalue weighted by Crippen LogP contribution is 2.35. The second-order valence-corrected chi connectivity index (χ2v) is 6.68. The number of hydrogen-bond donors (Lipinski definition) is 0. The number of pyridine rings is 1. The number of rotatable bonds is 4. The van der Waals surface area contributed by atoms with Crippen molar-refractivity contribution < 1.29 is 9.72 Å². The third kappa shape index (κ3) is 2.96. The van der Waals surface area contributed by atoms with Crippen molar-refractivity contribution in [2.45, 2.75) is 32.4 Å². The lowest BCUT2D eigenvalue weighted by molar-refractivity contribution is -0.386. The fraction of sp³-hybridized carbons (Fsp3) is 0.375. The average molecular weight is 347 g/mol. The molecule has 0 N–H and O–H groups in total. The number of aromatic nitrogens is 1. The molecule has 8 heteroatoms. The van der Waals surface area contributed by atoms with Gasteiger partial charge in [-0.3, -0.25) is 19.7 Å². The second-order valence-electron chi connectivity index (χ2n) is 5.68. The molecule has 126 valence electrons. The first kappa shape index (κ1) is 16.4. The normalized spacial score (nSPS) is 16.7. The summed E-state index contributed by atoms with van der Waals surface area (Å²) >= 11 is 1.72. The van der Waals surface area contributed by atoms with E-state index in [2.05, 4.69) is 6.07 Å². The number of hydrogen-bond acceptors (Lipinski definition) is 5. The van der Waals surface area contributed by atoms with Crippen molar-refractivity contribution in [3.63, 3.8) is 0 Å². The predicted octanol–water partition coefficient (Wildman–Crippen LogP) is 2.35. The zero-order chi connectivity index (χ0) is 17.3. The first-order valence-corrected chi connectivity index (χ1v) is 8.59.